The van der Waals surface area contributed by atoms with E-state index in [9.17, 15) is 5.11 Å². The normalized spacial score (nSPS) is 14.3. The summed E-state index contributed by atoms with van der Waals surface area (Å²) in [4.78, 5) is 2.92. The fourth-order valence-corrected chi connectivity index (χ4v) is 4.75. The molecule has 0 aromatic heterocycles. The molecular weight excluding hydrogens is 482 g/mol. The fraction of sp³-hybridized carbons (Fsp3) is 0.214. The lowest BCUT2D eigenvalue weighted by Gasteiger charge is -2.30. The average molecular weight is 512 g/mol. The number of thiol groups is 1. The Bertz CT molecular complexity index is 1530. The molecule has 1 fully saturated rings. The molecule has 9 heteroatoms. The maximum atomic E-state index is 10.7. The Hall–Kier alpha value is -3.95. The van der Waals surface area contributed by atoms with Gasteiger partial charge < -0.3 is 21.1 Å². The molecule has 0 unspecified atom stereocenters. The lowest BCUT2D eigenvalue weighted by Crippen LogP contribution is -2.43. The van der Waals surface area contributed by atoms with E-state index in [0.29, 0.717) is 27.3 Å². The average Bonchev–Trinajstić information content (AvgIpc) is 2.89. The third-order valence-corrected chi connectivity index (χ3v) is 6.79. The Morgan fingerprint density at radius 1 is 0.838 bits per heavy atom. The van der Waals surface area contributed by atoms with Crippen molar-refractivity contribution in [3.63, 3.8) is 0 Å². The number of nitrogens with one attached hydrogen (secondary N) is 1. The zero-order valence-corrected chi connectivity index (χ0v) is 21.7. The van der Waals surface area contributed by atoms with Crippen molar-refractivity contribution in [1.82, 2.24) is 5.32 Å². The van der Waals surface area contributed by atoms with Gasteiger partial charge in [-0.1, -0.05) is 6.07 Å². The smallest absolute Gasteiger partial charge is 0.152 e. The van der Waals surface area contributed by atoms with Crippen LogP contribution in [-0.4, -0.2) is 31.3 Å². The van der Waals surface area contributed by atoms with Crippen molar-refractivity contribution in [3.8, 4) is 5.75 Å². The maximum Gasteiger partial charge on any atom is 0.152 e. The van der Waals surface area contributed by atoms with Crippen LogP contribution in [0.1, 0.15) is 11.1 Å². The minimum absolute atomic E-state index is 0.000965. The number of azo groups is 2. The summed E-state index contributed by atoms with van der Waals surface area (Å²) in [5, 5.41) is 33.0. The predicted octanol–water partition coefficient (Wildman–Crippen LogP) is 7.27. The number of phenols is 1. The van der Waals surface area contributed by atoms with Crippen LogP contribution in [0, 0.1) is 13.8 Å². The predicted molar refractivity (Wildman–Crippen MR) is 153 cm³/mol. The van der Waals surface area contributed by atoms with Gasteiger partial charge >= 0.3 is 0 Å². The molecule has 188 valence electrons. The molecule has 4 N–H and O–H groups in total. The first-order chi connectivity index (χ1) is 17.9. The highest BCUT2D eigenvalue weighted by atomic mass is 32.1. The first-order valence-electron chi connectivity index (χ1n) is 12.1. The van der Waals surface area contributed by atoms with E-state index < -0.39 is 0 Å². The number of benzene rings is 4. The molecule has 1 aliphatic rings. The molecule has 0 atom stereocenters. The maximum absolute atomic E-state index is 10.7. The number of phenolic OH excluding ortho intramolecular Hbond substituents is 1. The van der Waals surface area contributed by atoms with E-state index in [4.69, 9.17) is 5.73 Å². The molecule has 0 spiro atoms. The monoisotopic (exact) mass is 511 g/mol. The van der Waals surface area contributed by atoms with Gasteiger partial charge in [0.25, 0.3) is 0 Å². The highest BCUT2D eigenvalue weighted by molar-refractivity contribution is 7.80. The molecule has 0 amide bonds. The van der Waals surface area contributed by atoms with E-state index >= 15 is 0 Å². The van der Waals surface area contributed by atoms with Crippen LogP contribution in [0.25, 0.3) is 10.8 Å². The topological polar surface area (TPSA) is 111 Å². The standard InChI is InChI=1S/C28H29N7OS/c1-17-13-21(32-34-27-26(37)15-19-3-4-20(29)16-23(19)28(27)36)5-7-24(17)33-31-22-6-8-25(18(2)14-22)35-11-9-30-10-12-35/h3-8,13-16,30,36-37H,9-12,29H2,1-2H3. The molecule has 1 saturated heterocycles. The summed E-state index contributed by atoms with van der Waals surface area (Å²) >= 11 is 4.48. The summed E-state index contributed by atoms with van der Waals surface area (Å²) in [6, 6.07) is 18.9. The minimum atomic E-state index is -0.000965. The summed E-state index contributed by atoms with van der Waals surface area (Å²) in [7, 11) is 0. The Labute approximate surface area is 221 Å². The molecule has 1 aliphatic heterocycles. The second-order valence-corrected chi connectivity index (χ2v) is 9.63. The van der Waals surface area contributed by atoms with Gasteiger partial charge in [0, 0.05) is 47.8 Å². The number of nitrogens with zero attached hydrogens (tertiary/aromatic N) is 5. The zero-order valence-electron chi connectivity index (χ0n) is 20.8. The number of fused-ring (bicyclic) bond motifs is 1. The van der Waals surface area contributed by atoms with Crippen LogP contribution in [0.2, 0.25) is 0 Å². The lowest BCUT2D eigenvalue weighted by atomic mass is 10.1. The number of piperazine rings is 1. The Kier molecular flexibility index (Phi) is 7.07. The molecule has 1 heterocycles. The van der Waals surface area contributed by atoms with E-state index in [-0.39, 0.29) is 5.75 Å². The van der Waals surface area contributed by atoms with Gasteiger partial charge in [0.1, 0.15) is 5.69 Å². The number of hydrogen-bond acceptors (Lipinski definition) is 9. The summed E-state index contributed by atoms with van der Waals surface area (Å²) in [5.74, 6) is -0.000965. The van der Waals surface area contributed by atoms with Crippen molar-refractivity contribution in [2.24, 2.45) is 20.5 Å². The molecule has 8 nitrogen and oxygen atoms in total. The van der Waals surface area contributed by atoms with Crippen LogP contribution >= 0.6 is 12.6 Å². The number of aryl methyl sites for hydroxylation is 2. The van der Waals surface area contributed by atoms with Crippen LogP contribution in [-0.2, 0) is 0 Å². The Morgan fingerprint density at radius 3 is 2.27 bits per heavy atom. The largest absolute Gasteiger partial charge is 0.505 e. The van der Waals surface area contributed by atoms with Gasteiger partial charge in [-0.15, -0.1) is 17.7 Å². The van der Waals surface area contributed by atoms with Crippen molar-refractivity contribution in [3.05, 3.63) is 71.8 Å². The molecular formula is C28H29N7OS. The second-order valence-electron chi connectivity index (χ2n) is 9.15. The first-order valence-corrected chi connectivity index (χ1v) is 12.6. The Balaban J connectivity index is 1.33. The number of nitrogens with two attached hydrogens (primary N) is 1. The first kappa shape index (κ1) is 24.7. The van der Waals surface area contributed by atoms with Gasteiger partial charge in [-0.25, -0.2) is 0 Å². The molecule has 0 aliphatic carbocycles. The number of aromatic hydroxyl groups is 1. The number of hydrogen-bond donors (Lipinski definition) is 4. The van der Waals surface area contributed by atoms with Crippen LogP contribution < -0.4 is 16.0 Å². The van der Waals surface area contributed by atoms with Crippen LogP contribution in [0.5, 0.6) is 5.75 Å². The molecule has 5 rings (SSSR count). The van der Waals surface area contributed by atoms with E-state index in [0.717, 1.165) is 48.5 Å². The second kappa shape index (κ2) is 10.6. The number of rotatable bonds is 5. The highest BCUT2D eigenvalue weighted by Gasteiger charge is 2.13. The van der Waals surface area contributed by atoms with Gasteiger partial charge in [0.15, 0.2) is 5.75 Å². The lowest BCUT2D eigenvalue weighted by molar-refractivity contribution is 0.481. The van der Waals surface area contributed by atoms with E-state index in [2.05, 4.69) is 62.4 Å². The summed E-state index contributed by atoms with van der Waals surface area (Å²) in [5.41, 5.74) is 12.3. The van der Waals surface area contributed by atoms with E-state index in [1.165, 1.54) is 11.3 Å². The Morgan fingerprint density at radius 2 is 1.54 bits per heavy atom. The molecule has 4 aromatic rings. The van der Waals surface area contributed by atoms with Gasteiger partial charge in [-0.2, -0.15) is 15.3 Å². The summed E-state index contributed by atoms with van der Waals surface area (Å²) < 4.78 is 0. The highest BCUT2D eigenvalue weighted by Crippen LogP contribution is 2.41. The summed E-state index contributed by atoms with van der Waals surface area (Å²) in [6.07, 6.45) is 0. The van der Waals surface area contributed by atoms with Crippen LogP contribution in [0.4, 0.5) is 34.1 Å². The molecule has 0 saturated carbocycles. The molecule has 0 bridgehead atoms. The number of anilines is 2. The van der Waals surface area contributed by atoms with Crippen molar-refractivity contribution >= 4 is 57.5 Å². The van der Waals surface area contributed by atoms with Gasteiger partial charge in [0.05, 0.1) is 17.1 Å². The third kappa shape index (κ3) is 5.42. The van der Waals surface area contributed by atoms with Crippen molar-refractivity contribution in [2.75, 3.05) is 36.8 Å². The van der Waals surface area contributed by atoms with Gasteiger partial charge in [-0.3, -0.25) is 0 Å². The van der Waals surface area contributed by atoms with Crippen LogP contribution in [0.3, 0.4) is 0 Å². The quantitative estimate of drug-likeness (QED) is 0.128. The molecule has 37 heavy (non-hydrogen) atoms. The van der Waals surface area contributed by atoms with E-state index in [1.807, 2.05) is 43.3 Å². The molecule has 0 radical (unpaired) electrons. The van der Waals surface area contributed by atoms with Crippen molar-refractivity contribution in [1.29, 1.82) is 0 Å². The van der Waals surface area contributed by atoms with Crippen molar-refractivity contribution in [2.45, 2.75) is 18.7 Å². The number of nitrogen functional groups attached to an aromatic ring is 1. The zero-order chi connectivity index (χ0) is 25.9. The third-order valence-electron chi connectivity index (χ3n) is 6.45. The van der Waals surface area contributed by atoms with Crippen LogP contribution in [0.15, 0.2) is 86.0 Å². The SMILES string of the molecule is Cc1cc(N=Nc2c(S)cc3ccc(N)cc3c2O)ccc1N=Nc1ccc(N2CCNCC2)c(C)c1. The summed E-state index contributed by atoms with van der Waals surface area (Å²) in [6.45, 7) is 8.09. The molecule has 4 aromatic carbocycles. The van der Waals surface area contributed by atoms with Gasteiger partial charge in [0.2, 0.25) is 0 Å². The minimum Gasteiger partial charge on any atom is -0.505 e. The van der Waals surface area contributed by atoms with Crippen molar-refractivity contribution < 1.29 is 5.11 Å². The fourth-order valence-electron chi connectivity index (χ4n) is 4.46. The van der Waals surface area contributed by atoms with E-state index in [1.54, 1.807) is 12.1 Å². The van der Waals surface area contributed by atoms with Gasteiger partial charge in [-0.05, 0) is 85.0 Å².